The summed E-state index contributed by atoms with van der Waals surface area (Å²) >= 11 is 4.90. The standard InChI is InChI=1S/C20H14BrN3O2S/c1-2-18-19(14-6-8-16(21)9-7-14)23-20(27-18)15(12-22)10-13-4-3-5-17(11-13)24(25)26/h3-11H,2H2,1H3/b15-10+. The van der Waals surface area contributed by atoms with E-state index < -0.39 is 4.92 Å². The number of hydrogen-bond acceptors (Lipinski definition) is 5. The second-order valence-electron chi connectivity index (χ2n) is 5.67. The van der Waals surface area contributed by atoms with Crippen molar-refractivity contribution >= 4 is 44.6 Å². The summed E-state index contributed by atoms with van der Waals surface area (Å²) in [6.07, 6.45) is 2.44. The van der Waals surface area contributed by atoms with Crippen LogP contribution in [0.4, 0.5) is 5.69 Å². The minimum Gasteiger partial charge on any atom is -0.258 e. The Morgan fingerprint density at radius 3 is 2.70 bits per heavy atom. The summed E-state index contributed by atoms with van der Waals surface area (Å²) in [6.45, 7) is 2.05. The van der Waals surface area contributed by atoms with Crippen LogP contribution in [0.2, 0.25) is 0 Å². The van der Waals surface area contributed by atoms with E-state index in [1.165, 1.54) is 23.5 Å². The monoisotopic (exact) mass is 439 g/mol. The number of benzene rings is 2. The molecule has 134 valence electrons. The lowest BCUT2D eigenvalue weighted by molar-refractivity contribution is -0.384. The molecule has 0 fully saturated rings. The van der Waals surface area contributed by atoms with Gasteiger partial charge >= 0.3 is 0 Å². The van der Waals surface area contributed by atoms with Gasteiger partial charge in [-0.1, -0.05) is 47.1 Å². The first kappa shape index (κ1) is 19.0. The third kappa shape index (κ3) is 4.30. The smallest absolute Gasteiger partial charge is 0.258 e. The summed E-state index contributed by atoms with van der Waals surface area (Å²) in [7, 11) is 0. The summed E-state index contributed by atoms with van der Waals surface area (Å²) in [5.74, 6) is 0. The van der Waals surface area contributed by atoms with Gasteiger partial charge in [0.1, 0.15) is 11.1 Å². The normalized spacial score (nSPS) is 11.2. The number of aryl methyl sites for hydroxylation is 1. The SMILES string of the molecule is CCc1sc(/C(C#N)=C/c2cccc([N+](=O)[O-])c2)nc1-c1ccc(Br)cc1. The van der Waals surface area contributed by atoms with E-state index >= 15 is 0 Å². The number of nitriles is 1. The number of thiazole rings is 1. The predicted molar refractivity (Wildman–Crippen MR) is 111 cm³/mol. The van der Waals surface area contributed by atoms with Gasteiger partial charge in [0, 0.05) is 27.0 Å². The topological polar surface area (TPSA) is 79.8 Å². The average molecular weight is 440 g/mol. The summed E-state index contributed by atoms with van der Waals surface area (Å²) in [5.41, 5.74) is 2.83. The molecule has 3 aromatic rings. The van der Waals surface area contributed by atoms with Gasteiger partial charge in [0.25, 0.3) is 5.69 Å². The molecule has 0 bridgehead atoms. The lowest BCUT2D eigenvalue weighted by Gasteiger charge is -2.00. The first-order chi connectivity index (χ1) is 13.0. The van der Waals surface area contributed by atoms with Crippen LogP contribution in [0.15, 0.2) is 53.0 Å². The third-order valence-corrected chi connectivity index (χ3v) is 5.64. The zero-order valence-electron chi connectivity index (χ0n) is 14.3. The minimum absolute atomic E-state index is 0.00928. The van der Waals surface area contributed by atoms with Gasteiger partial charge in [-0.05, 0) is 30.2 Å². The Bertz CT molecular complexity index is 1070. The largest absolute Gasteiger partial charge is 0.270 e. The summed E-state index contributed by atoms with van der Waals surface area (Å²) in [4.78, 5) is 16.3. The number of nitro groups is 1. The molecule has 0 saturated heterocycles. The van der Waals surface area contributed by atoms with Crippen LogP contribution >= 0.6 is 27.3 Å². The van der Waals surface area contributed by atoms with Crippen LogP contribution in [0.25, 0.3) is 22.9 Å². The molecule has 0 unspecified atom stereocenters. The molecule has 0 spiro atoms. The van der Waals surface area contributed by atoms with Crippen molar-refractivity contribution in [3.05, 3.63) is 78.6 Å². The van der Waals surface area contributed by atoms with Crippen molar-refractivity contribution in [3.63, 3.8) is 0 Å². The fourth-order valence-electron chi connectivity index (χ4n) is 2.58. The van der Waals surface area contributed by atoms with Gasteiger partial charge in [-0.15, -0.1) is 11.3 Å². The van der Waals surface area contributed by atoms with E-state index in [1.54, 1.807) is 18.2 Å². The molecule has 7 heteroatoms. The van der Waals surface area contributed by atoms with E-state index in [0.29, 0.717) is 16.1 Å². The quantitative estimate of drug-likeness (QED) is 0.273. The molecule has 5 nitrogen and oxygen atoms in total. The summed E-state index contributed by atoms with van der Waals surface area (Å²) in [5, 5.41) is 21.2. The van der Waals surface area contributed by atoms with Crippen LogP contribution in [0.5, 0.6) is 0 Å². The van der Waals surface area contributed by atoms with E-state index in [1.807, 2.05) is 24.3 Å². The highest BCUT2D eigenvalue weighted by molar-refractivity contribution is 9.10. The Hall–Kier alpha value is -2.82. The first-order valence-corrected chi connectivity index (χ1v) is 9.75. The maximum atomic E-state index is 11.0. The van der Waals surface area contributed by atoms with E-state index in [0.717, 1.165) is 27.0 Å². The number of rotatable bonds is 5. The molecule has 0 aliphatic rings. The molecule has 0 radical (unpaired) electrons. The van der Waals surface area contributed by atoms with Crippen LogP contribution < -0.4 is 0 Å². The van der Waals surface area contributed by atoms with E-state index in [-0.39, 0.29) is 5.69 Å². The van der Waals surface area contributed by atoms with Crippen molar-refractivity contribution in [1.29, 1.82) is 5.26 Å². The van der Waals surface area contributed by atoms with Crippen LogP contribution in [0.3, 0.4) is 0 Å². The number of hydrogen-bond donors (Lipinski definition) is 0. The zero-order chi connectivity index (χ0) is 19.4. The molecule has 1 heterocycles. The first-order valence-electron chi connectivity index (χ1n) is 8.14. The van der Waals surface area contributed by atoms with Crippen LogP contribution in [-0.2, 0) is 6.42 Å². The second-order valence-corrected chi connectivity index (χ2v) is 7.67. The van der Waals surface area contributed by atoms with Crippen molar-refractivity contribution in [3.8, 4) is 17.3 Å². The molecule has 2 aromatic carbocycles. The Kier molecular flexibility index (Phi) is 5.79. The second kappa shape index (κ2) is 8.25. The number of aromatic nitrogens is 1. The molecule has 1 aromatic heterocycles. The number of nitrogens with zero attached hydrogens (tertiary/aromatic N) is 3. The third-order valence-electron chi connectivity index (χ3n) is 3.88. The van der Waals surface area contributed by atoms with Gasteiger partial charge in [-0.25, -0.2) is 4.98 Å². The van der Waals surface area contributed by atoms with Crippen LogP contribution in [0, 0.1) is 21.4 Å². The highest BCUT2D eigenvalue weighted by Crippen LogP contribution is 2.33. The molecule has 0 amide bonds. The molecular formula is C20H14BrN3O2S. The number of allylic oxidation sites excluding steroid dienone is 1. The van der Waals surface area contributed by atoms with Crippen molar-refractivity contribution in [2.45, 2.75) is 13.3 Å². The highest BCUT2D eigenvalue weighted by atomic mass is 79.9. The lowest BCUT2D eigenvalue weighted by Crippen LogP contribution is -1.88. The Labute approximate surface area is 168 Å². The zero-order valence-corrected chi connectivity index (χ0v) is 16.8. The van der Waals surface area contributed by atoms with E-state index in [9.17, 15) is 15.4 Å². The molecule has 0 saturated carbocycles. The minimum atomic E-state index is -0.451. The van der Waals surface area contributed by atoms with E-state index in [2.05, 4.69) is 33.9 Å². The van der Waals surface area contributed by atoms with Gasteiger partial charge in [0.2, 0.25) is 0 Å². The Morgan fingerprint density at radius 2 is 2.07 bits per heavy atom. The molecule has 0 aliphatic carbocycles. The van der Waals surface area contributed by atoms with Crippen LogP contribution in [0.1, 0.15) is 22.4 Å². The van der Waals surface area contributed by atoms with Crippen molar-refractivity contribution in [2.24, 2.45) is 0 Å². The molecule has 3 rings (SSSR count). The Morgan fingerprint density at radius 1 is 1.33 bits per heavy atom. The molecule has 0 aliphatic heterocycles. The highest BCUT2D eigenvalue weighted by Gasteiger charge is 2.15. The van der Waals surface area contributed by atoms with Gasteiger partial charge in [-0.2, -0.15) is 5.26 Å². The average Bonchev–Trinajstić information content (AvgIpc) is 3.11. The summed E-state index contributed by atoms with van der Waals surface area (Å²) < 4.78 is 0.989. The fraction of sp³-hybridized carbons (Fsp3) is 0.100. The lowest BCUT2D eigenvalue weighted by atomic mass is 10.1. The van der Waals surface area contributed by atoms with Gasteiger partial charge in [0.05, 0.1) is 16.2 Å². The molecule has 0 atom stereocenters. The van der Waals surface area contributed by atoms with Gasteiger partial charge in [-0.3, -0.25) is 10.1 Å². The number of nitro benzene ring substituents is 1. The van der Waals surface area contributed by atoms with Crippen molar-refractivity contribution in [1.82, 2.24) is 4.98 Å². The van der Waals surface area contributed by atoms with Gasteiger partial charge < -0.3 is 0 Å². The fourth-order valence-corrected chi connectivity index (χ4v) is 3.83. The predicted octanol–water partition coefficient (Wildman–Crippen LogP) is 6.11. The molecule has 0 N–H and O–H groups in total. The Balaban J connectivity index is 2.04. The summed E-state index contributed by atoms with van der Waals surface area (Å²) in [6, 6.07) is 16.3. The van der Waals surface area contributed by atoms with Crippen molar-refractivity contribution in [2.75, 3.05) is 0 Å². The maximum Gasteiger partial charge on any atom is 0.270 e. The van der Waals surface area contributed by atoms with Gasteiger partial charge in [0.15, 0.2) is 0 Å². The van der Waals surface area contributed by atoms with Crippen molar-refractivity contribution < 1.29 is 4.92 Å². The number of halogens is 1. The molecular weight excluding hydrogens is 426 g/mol. The van der Waals surface area contributed by atoms with E-state index in [4.69, 9.17) is 0 Å². The molecule has 27 heavy (non-hydrogen) atoms. The number of non-ortho nitro benzene ring substituents is 1. The maximum absolute atomic E-state index is 11.0. The van der Waals surface area contributed by atoms with Crippen LogP contribution in [-0.4, -0.2) is 9.91 Å².